The van der Waals surface area contributed by atoms with E-state index in [4.69, 9.17) is 5.84 Å². The molecule has 2 rings (SSSR count). The van der Waals surface area contributed by atoms with Crippen molar-refractivity contribution in [2.24, 2.45) is 12.9 Å². The van der Waals surface area contributed by atoms with Gasteiger partial charge < -0.3 is 4.57 Å². The van der Waals surface area contributed by atoms with Crippen molar-refractivity contribution in [1.29, 1.82) is 0 Å². The van der Waals surface area contributed by atoms with Gasteiger partial charge in [-0.3, -0.25) is 10.2 Å². The molecule has 0 spiro atoms. The van der Waals surface area contributed by atoms with Crippen LogP contribution in [0, 0.1) is 0 Å². The number of hydrazine groups is 1. The molecule has 94 valence electrons. The van der Waals surface area contributed by atoms with Crippen LogP contribution in [-0.2, 0) is 12.8 Å². The summed E-state index contributed by atoms with van der Waals surface area (Å²) in [5.41, 5.74) is 3.70. The van der Waals surface area contributed by atoms with Crippen molar-refractivity contribution >= 4 is 17.7 Å². The van der Waals surface area contributed by atoms with Crippen LogP contribution >= 0.6 is 11.8 Å². The second kappa shape index (κ2) is 5.65. The first kappa shape index (κ1) is 12.6. The lowest BCUT2D eigenvalue weighted by atomic mass is 10.1. The Kier molecular flexibility index (Phi) is 3.96. The predicted octanol–water partition coefficient (Wildman–Crippen LogP) is 0.711. The van der Waals surface area contributed by atoms with Gasteiger partial charge in [0.15, 0.2) is 5.16 Å². The zero-order valence-corrected chi connectivity index (χ0v) is 10.6. The van der Waals surface area contributed by atoms with Crippen LogP contribution in [0.15, 0.2) is 35.7 Å². The fraction of sp³-hybridized carbons (Fsp3) is 0.182. The molecule has 0 radical (unpaired) electrons. The zero-order chi connectivity index (χ0) is 13.0. The van der Waals surface area contributed by atoms with E-state index in [-0.39, 0.29) is 5.91 Å². The summed E-state index contributed by atoms with van der Waals surface area (Å²) in [6.07, 6.45) is 1.65. The topological polar surface area (TPSA) is 85.8 Å². The highest BCUT2D eigenvalue weighted by atomic mass is 32.2. The summed E-state index contributed by atoms with van der Waals surface area (Å²) in [5.74, 6) is 5.53. The van der Waals surface area contributed by atoms with Crippen LogP contribution in [0.25, 0.3) is 0 Å². The lowest BCUT2D eigenvalue weighted by Gasteiger charge is -2.04. The molecule has 1 heterocycles. The van der Waals surface area contributed by atoms with E-state index >= 15 is 0 Å². The van der Waals surface area contributed by atoms with Crippen molar-refractivity contribution in [2.75, 3.05) is 0 Å². The largest absolute Gasteiger partial charge is 0.312 e. The van der Waals surface area contributed by atoms with Gasteiger partial charge in [-0.2, -0.15) is 0 Å². The van der Waals surface area contributed by atoms with Gasteiger partial charge in [0, 0.05) is 18.4 Å². The lowest BCUT2D eigenvalue weighted by Crippen LogP contribution is -2.29. The standard InChI is InChI=1S/C11H13N5OS/c1-16-7-13-15-11(16)18-6-8-3-2-4-9(5-8)10(17)14-12/h2-5,7H,6,12H2,1H3,(H,14,17). The third-order valence-electron chi connectivity index (χ3n) is 2.36. The van der Waals surface area contributed by atoms with Crippen molar-refractivity contribution in [2.45, 2.75) is 10.9 Å². The summed E-state index contributed by atoms with van der Waals surface area (Å²) in [6.45, 7) is 0. The summed E-state index contributed by atoms with van der Waals surface area (Å²) >= 11 is 1.56. The molecule has 0 fully saturated rings. The number of thioether (sulfide) groups is 1. The third kappa shape index (κ3) is 2.88. The SMILES string of the molecule is Cn1cnnc1SCc1cccc(C(=O)NN)c1. The number of aryl methyl sites for hydroxylation is 1. The molecule has 1 aromatic carbocycles. The van der Waals surface area contributed by atoms with Crippen LogP contribution in [0.4, 0.5) is 0 Å². The number of carbonyl (C=O) groups is 1. The lowest BCUT2D eigenvalue weighted by molar-refractivity contribution is 0.0953. The van der Waals surface area contributed by atoms with Gasteiger partial charge in [-0.05, 0) is 17.7 Å². The maximum Gasteiger partial charge on any atom is 0.265 e. The predicted molar refractivity (Wildman–Crippen MR) is 68.7 cm³/mol. The molecular weight excluding hydrogens is 250 g/mol. The summed E-state index contributed by atoms with van der Waals surface area (Å²) in [4.78, 5) is 11.4. The Morgan fingerprint density at radius 1 is 1.56 bits per heavy atom. The minimum Gasteiger partial charge on any atom is -0.312 e. The summed E-state index contributed by atoms with van der Waals surface area (Å²) in [6, 6.07) is 7.32. The number of aromatic nitrogens is 3. The number of hydrogen-bond acceptors (Lipinski definition) is 5. The van der Waals surface area contributed by atoms with Crippen LogP contribution in [-0.4, -0.2) is 20.7 Å². The molecule has 1 amide bonds. The van der Waals surface area contributed by atoms with E-state index in [0.717, 1.165) is 16.5 Å². The second-order valence-corrected chi connectivity index (χ2v) is 4.63. The van der Waals surface area contributed by atoms with Crippen LogP contribution in [0.5, 0.6) is 0 Å². The Labute approximate surface area is 109 Å². The van der Waals surface area contributed by atoms with Gasteiger partial charge in [0.25, 0.3) is 5.91 Å². The van der Waals surface area contributed by atoms with Crippen molar-refractivity contribution < 1.29 is 4.79 Å². The first-order valence-corrected chi connectivity index (χ1v) is 6.26. The number of benzene rings is 1. The fourth-order valence-electron chi connectivity index (χ4n) is 1.44. The molecule has 0 bridgehead atoms. The number of nitrogen functional groups attached to an aromatic ring is 1. The van der Waals surface area contributed by atoms with Gasteiger partial charge in [-0.1, -0.05) is 23.9 Å². The van der Waals surface area contributed by atoms with Crippen LogP contribution in [0.1, 0.15) is 15.9 Å². The number of rotatable bonds is 4. The average molecular weight is 263 g/mol. The molecule has 0 aliphatic heterocycles. The normalized spacial score (nSPS) is 10.3. The molecule has 0 atom stereocenters. The van der Waals surface area contributed by atoms with Crippen LogP contribution < -0.4 is 11.3 Å². The highest BCUT2D eigenvalue weighted by Gasteiger charge is 2.06. The molecule has 0 saturated carbocycles. The molecule has 7 heteroatoms. The zero-order valence-electron chi connectivity index (χ0n) is 9.83. The highest BCUT2D eigenvalue weighted by Crippen LogP contribution is 2.20. The molecule has 18 heavy (non-hydrogen) atoms. The summed E-state index contributed by atoms with van der Waals surface area (Å²) < 4.78 is 1.85. The van der Waals surface area contributed by atoms with Crippen molar-refractivity contribution in [3.63, 3.8) is 0 Å². The Morgan fingerprint density at radius 2 is 2.39 bits per heavy atom. The number of nitrogens with one attached hydrogen (secondary N) is 1. The summed E-state index contributed by atoms with van der Waals surface area (Å²) in [5, 5.41) is 8.62. The van der Waals surface area contributed by atoms with Gasteiger partial charge in [0.2, 0.25) is 0 Å². The molecule has 0 aliphatic carbocycles. The Hall–Kier alpha value is -1.86. The quantitative estimate of drug-likeness (QED) is 0.367. The number of amides is 1. The van der Waals surface area contributed by atoms with Crippen LogP contribution in [0.2, 0.25) is 0 Å². The minimum atomic E-state index is -0.291. The molecule has 0 aliphatic rings. The summed E-state index contributed by atoms with van der Waals surface area (Å²) in [7, 11) is 1.89. The molecular formula is C11H13N5OS. The Morgan fingerprint density at radius 3 is 3.06 bits per heavy atom. The Bertz CT molecular complexity index is 554. The fourth-order valence-corrected chi connectivity index (χ4v) is 2.27. The maximum atomic E-state index is 11.4. The number of hydrogen-bond donors (Lipinski definition) is 2. The van der Waals surface area contributed by atoms with Gasteiger partial charge in [-0.25, -0.2) is 5.84 Å². The monoisotopic (exact) mass is 263 g/mol. The van der Waals surface area contributed by atoms with Crippen molar-refractivity contribution in [1.82, 2.24) is 20.2 Å². The number of nitrogens with two attached hydrogens (primary N) is 1. The Balaban J connectivity index is 2.06. The van der Waals surface area contributed by atoms with Gasteiger partial charge in [0.05, 0.1) is 0 Å². The molecule has 3 N–H and O–H groups in total. The van der Waals surface area contributed by atoms with Gasteiger partial charge in [0.1, 0.15) is 6.33 Å². The molecule has 1 aromatic heterocycles. The number of nitrogens with zero attached hydrogens (tertiary/aromatic N) is 3. The van der Waals surface area contributed by atoms with Gasteiger partial charge in [-0.15, -0.1) is 10.2 Å². The first-order chi connectivity index (χ1) is 8.70. The smallest absolute Gasteiger partial charge is 0.265 e. The van der Waals surface area contributed by atoms with E-state index < -0.39 is 0 Å². The van der Waals surface area contributed by atoms with Crippen molar-refractivity contribution in [3.8, 4) is 0 Å². The molecule has 6 nitrogen and oxygen atoms in total. The van der Waals surface area contributed by atoms with E-state index in [1.54, 1.807) is 24.2 Å². The highest BCUT2D eigenvalue weighted by molar-refractivity contribution is 7.98. The van der Waals surface area contributed by atoms with E-state index in [1.165, 1.54) is 0 Å². The molecule has 0 unspecified atom stereocenters. The van der Waals surface area contributed by atoms with E-state index in [9.17, 15) is 4.79 Å². The van der Waals surface area contributed by atoms with E-state index in [0.29, 0.717) is 5.56 Å². The van der Waals surface area contributed by atoms with Crippen LogP contribution in [0.3, 0.4) is 0 Å². The van der Waals surface area contributed by atoms with E-state index in [1.807, 2.05) is 29.8 Å². The molecule has 2 aromatic rings. The minimum absolute atomic E-state index is 0.291. The van der Waals surface area contributed by atoms with E-state index in [2.05, 4.69) is 15.6 Å². The first-order valence-electron chi connectivity index (χ1n) is 5.27. The van der Waals surface area contributed by atoms with Gasteiger partial charge >= 0.3 is 0 Å². The van der Waals surface area contributed by atoms with Crippen molar-refractivity contribution in [3.05, 3.63) is 41.7 Å². The second-order valence-electron chi connectivity index (χ2n) is 3.69. The maximum absolute atomic E-state index is 11.4. The third-order valence-corrected chi connectivity index (χ3v) is 3.46. The number of carbonyl (C=O) groups excluding carboxylic acids is 1. The molecule has 0 saturated heterocycles. The average Bonchev–Trinajstić information content (AvgIpc) is 2.81.